The highest BCUT2D eigenvalue weighted by Gasteiger charge is 2.17. The van der Waals surface area contributed by atoms with Crippen molar-refractivity contribution in [2.24, 2.45) is 0 Å². The third-order valence-corrected chi connectivity index (χ3v) is 3.74. The molecule has 1 heterocycles. The molecule has 1 aromatic heterocycles. The van der Waals surface area contributed by atoms with Crippen molar-refractivity contribution < 1.29 is 16.8 Å². The second-order valence-corrected chi connectivity index (χ2v) is 5.56. The third kappa shape index (κ3) is 2.51. The molecule has 19 heavy (non-hydrogen) atoms. The van der Waals surface area contributed by atoms with E-state index in [1.165, 1.54) is 6.07 Å². The Morgan fingerprint density at radius 1 is 1.11 bits per heavy atom. The van der Waals surface area contributed by atoms with Gasteiger partial charge in [0.25, 0.3) is 5.56 Å². The molecular formula is C10H8N2O5S2. The monoisotopic (exact) mass is 300 g/mol. The predicted molar refractivity (Wildman–Crippen MR) is 71.1 cm³/mol. The molecule has 1 aromatic rings. The van der Waals surface area contributed by atoms with Gasteiger partial charge in [-0.3, -0.25) is 9.89 Å². The van der Waals surface area contributed by atoms with Crippen LogP contribution in [0.1, 0.15) is 5.69 Å². The standard InChI is InChI=1S/C10H8N2O5S2/c1-6-4-10(13)12(11-6)8-5-7(18(14)15)2-3-9(8)19(16)17/h2-5,11H,1H3. The minimum Gasteiger partial charge on any atom is -0.295 e. The molecular weight excluding hydrogens is 292 g/mol. The number of aromatic nitrogens is 2. The van der Waals surface area contributed by atoms with Gasteiger partial charge in [-0.25, -0.2) is 4.68 Å². The summed E-state index contributed by atoms with van der Waals surface area (Å²) in [6.07, 6.45) is 3.40. The lowest BCUT2D eigenvalue weighted by Crippen LogP contribution is -2.23. The highest BCUT2D eigenvalue weighted by molar-refractivity contribution is 7.75. The molecule has 0 saturated carbocycles. The topological polar surface area (TPSA) is 106 Å². The number of nitrogens with zero attached hydrogens (tertiary/aromatic N) is 1. The molecule has 1 aliphatic rings. The van der Waals surface area contributed by atoms with Gasteiger partial charge < -0.3 is 0 Å². The Kier molecular flexibility index (Phi) is 3.40. The van der Waals surface area contributed by atoms with E-state index in [0.717, 1.165) is 22.9 Å². The maximum absolute atomic E-state index is 11.7. The molecule has 0 amide bonds. The van der Waals surface area contributed by atoms with Crippen molar-refractivity contribution in [3.8, 4) is 0 Å². The van der Waals surface area contributed by atoms with Crippen molar-refractivity contribution in [2.75, 3.05) is 0 Å². The summed E-state index contributed by atoms with van der Waals surface area (Å²) in [6.45, 7) is 1.63. The minimum absolute atomic E-state index is 0.0341. The quantitative estimate of drug-likeness (QED) is 0.669. The Morgan fingerprint density at radius 3 is 2.26 bits per heavy atom. The van der Waals surface area contributed by atoms with E-state index in [0.29, 0.717) is 5.69 Å². The second kappa shape index (κ2) is 4.86. The lowest BCUT2D eigenvalue weighted by Gasteiger charge is -2.09. The van der Waals surface area contributed by atoms with Gasteiger partial charge in [0, 0.05) is 11.8 Å². The fourth-order valence-corrected chi connectivity index (χ4v) is 2.50. The average Bonchev–Trinajstić information content (AvgIpc) is 2.67. The number of H-pyrrole nitrogens is 1. The highest BCUT2D eigenvalue weighted by atomic mass is 32.2. The van der Waals surface area contributed by atoms with Crippen LogP contribution in [0, 0.1) is 6.92 Å². The highest BCUT2D eigenvalue weighted by Crippen LogP contribution is 2.10. The van der Waals surface area contributed by atoms with E-state index in [-0.39, 0.29) is 15.4 Å². The van der Waals surface area contributed by atoms with Gasteiger partial charge in [0.1, 0.15) is 4.86 Å². The number of rotatable bonds is 1. The van der Waals surface area contributed by atoms with Crippen molar-refractivity contribution in [3.63, 3.8) is 0 Å². The molecule has 2 rings (SSSR count). The van der Waals surface area contributed by atoms with Gasteiger partial charge in [0.15, 0.2) is 0 Å². The SMILES string of the molecule is Cc1cc(=O)n(C2=CC(=S(=O)=O)C=CC2=S(=O)=O)[nH]1. The molecule has 0 saturated heterocycles. The van der Waals surface area contributed by atoms with Crippen LogP contribution in [0.15, 0.2) is 29.1 Å². The zero-order valence-electron chi connectivity index (χ0n) is 9.61. The largest absolute Gasteiger partial charge is 0.295 e. The molecule has 1 N–H and O–H groups in total. The number of aryl methyl sites for hydroxylation is 1. The maximum Gasteiger partial charge on any atom is 0.271 e. The van der Waals surface area contributed by atoms with Crippen molar-refractivity contribution in [1.29, 1.82) is 0 Å². The normalized spacial score (nSPS) is 14.5. The van der Waals surface area contributed by atoms with Crippen LogP contribution in [0.3, 0.4) is 0 Å². The molecule has 0 atom stereocenters. The van der Waals surface area contributed by atoms with E-state index in [1.54, 1.807) is 6.92 Å². The van der Waals surface area contributed by atoms with Gasteiger partial charge in [0.05, 0.1) is 10.6 Å². The van der Waals surface area contributed by atoms with Crippen molar-refractivity contribution in [2.45, 2.75) is 6.92 Å². The van der Waals surface area contributed by atoms with E-state index in [9.17, 15) is 21.6 Å². The molecule has 0 aromatic carbocycles. The summed E-state index contributed by atoms with van der Waals surface area (Å²) in [4.78, 5) is 11.4. The smallest absolute Gasteiger partial charge is 0.271 e. The number of nitrogens with one attached hydrogen (secondary N) is 1. The predicted octanol–water partition coefficient (Wildman–Crippen LogP) is -1.00. The maximum atomic E-state index is 11.7. The number of aromatic amines is 1. The molecule has 0 aliphatic heterocycles. The zero-order chi connectivity index (χ0) is 14.2. The molecule has 0 radical (unpaired) electrons. The summed E-state index contributed by atoms with van der Waals surface area (Å²) in [6, 6.07) is 1.28. The summed E-state index contributed by atoms with van der Waals surface area (Å²) < 4.78 is 45.0. The number of allylic oxidation sites excluding steroid dienone is 4. The van der Waals surface area contributed by atoms with E-state index >= 15 is 0 Å². The average molecular weight is 300 g/mol. The first kappa shape index (κ1) is 13.3. The van der Waals surface area contributed by atoms with Crippen LogP contribution in [0.5, 0.6) is 0 Å². The lowest BCUT2D eigenvalue weighted by atomic mass is 10.1. The zero-order valence-corrected chi connectivity index (χ0v) is 11.2. The molecule has 0 spiro atoms. The van der Waals surface area contributed by atoms with Crippen LogP contribution in [-0.4, -0.2) is 36.3 Å². The van der Waals surface area contributed by atoms with E-state index < -0.39 is 26.1 Å². The van der Waals surface area contributed by atoms with Crippen LogP contribution < -0.4 is 5.56 Å². The van der Waals surface area contributed by atoms with E-state index in [2.05, 4.69) is 5.10 Å². The molecule has 1 aliphatic carbocycles. The Balaban J connectivity index is 2.83. The fourth-order valence-electron chi connectivity index (χ4n) is 1.61. The van der Waals surface area contributed by atoms with Crippen molar-refractivity contribution in [3.05, 3.63) is 40.3 Å². The summed E-state index contributed by atoms with van der Waals surface area (Å²) in [7, 11) is -5.11. The van der Waals surface area contributed by atoms with Crippen LogP contribution in [0.25, 0.3) is 5.70 Å². The Labute approximate surface area is 110 Å². The molecule has 0 unspecified atom stereocenters. The molecule has 100 valence electrons. The summed E-state index contributed by atoms with van der Waals surface area (Å²) in [5.74, 6) is 0. The number of hydrogen-bond acceptors (Lipinski definition) is 5. The van der Waals surface area contributed by atoms with Crippen LogP contribution >= 0.6 is 0 Å². The Bertz CT molecular complexity index is 920. The van der Waals surface area contributed by atoms with Gasteiger partial charge in [0.2, 0.25) is 20.6 Å². The van der Waals surface area contributed by atoms with Crippen molar-refractivity contribution >= 4 is 36.0 Å². The fraction of sp³-hybridized carbons (Fsp3) is 0.100. The van der Waals surface area contributed by atoms with E-state index in [4.69, 9.17) is 0 Å². The van der Waals surface area contributed by atoms with Crippen LogP contribution in [0.2, 0.25) is 0 Å². The molecule has 0 bridgehead atoms. The summed E-state index contributed by atoms with van der Waals surface area (Å²) >= 11 is 0. The van der Waals surface area contributed by atoms with Gasteiger partial charge in [-0.15, -0.1) is 0 Å². The van der Waals surface area contributed by atoms with Gasteiger partial charge in [-0.05, 0) is 25.2 Å². The summed E-state index contributed by atoms with van der Waals surface area (Å²) in [5.41, 5.74) is 0.0208. The van der Waals surface area contributed by atoms with Gasteiger partial charge in [-0.2, -0.15) is 16.8 Å². The van der Waals surface area contributed by atoms with Gasteiger partial charge in [-0.1, -0.05) is 0 Å². The van der Waals surface area contributed by atoms with Crippen molar-refractivity contribution in [1.82, 2.24) is 9.78 Å². The summed E-state index contributed by atoms with van der Waals surface area (Å²) in [5, 5.41) is 2.65. The second-order valence-electron chi connectivity index (χ2n) is 3.71. The van der Waals surface area contributed by atoms with Gasteiger partial charge >= 0.3 is 0 Å². The Morgan fingerprint density at radius 2 is 1.79 bits per heavy atom. The first-order chi connectivity index (χ1) is 8.90. The molecule has 0 fully saturated rings. The first-order valence-corrected chi connectivity index (χ1v) is 7.17. The van der Waals surface area contributed by atoms with E-state index in [1.807, 2.05) is 0 Å². The first-order valence-electron chi connectivity index (χ1n) is 5.02. The van der Waals surface area contributed by atoms with Crippen LogP contribution in [0.4, 0.5) is 0 Å². The number of hydrogen-bond donors (Lipinski definition) is 1. The minimum atomic E-state index is -2.59. The lowest BCUT2D eigenvalue weighted by molar-refractivity contribution is 0.625. The molecule has 7 nitrogen and oxygen atoms in total. The third-order valence-electron chi connectivity index (χ3n) is 2.39. The Hall–Kier alpha value is -2.13. The molecule has 9 heteroatoms. The van der Waals surface area contributed by atoms with Crippen LogP contribution in [-0.2, 0) is 20.6 Å².